The summed E-state index contributed by atoms with van der Waals surface area (Å²) in [5.74, 6) is 0.753. The fourth-order valence-electron chi connectivity index (χ4n) is 3.30. The number of morpholine rings is 1. The molecule has 0 spiro atoms. The molecule has 0 aliphatic carbocycles. The SMILES string of the molecule is Cl.Cl.NC[C@@H]1CN(C(=O)[C@H]2CNCCO2)C[C@H]1c1ccccc1. The quantitative estimate of drug-likeness (QED) is 0.843. The van der Waals surface area contributed by atoms with Gasteiger partial charge in [0, 0.05) is 32.1 Å². The van der Waals surface area contributed by atoms with Gasteiger partial charge in [-0.05, 0) is 18.0 Å². The minimum atomic E-state index is -0.341. The maximum absolute atomic E-state index is 12.6. The van der Waals surface area contributed by atoms with Crippen LogP contribution in [0.25, 0.3) is 0 Å². The lowest BCUT2D eigenvalue weighted by atomic mass is 9.89. The van der Waals surface area contributed by atoms with Crippen LogP contribution in [0.3, 0.4) is 0 Å². The van der Waals surface area contributed by atoms with Gasteiger partial charge in [0.05, 0.1) is 6.61 Å². The van der Waals surface area contributed by atoms with Crippen molar-refractivity contribution in [3.05, 3.63) is 35.9 Å². The normalized spacial score (nSPS) is 27.0. The maximum atomic E-state index is 12.6. The molecule has 2 saturated heterocycles. The summed E-state index contributed by atoms with van der Waals surface area (Å²) in [4.78, 5) is 14.5. The molecule has 5 nitrogen and oxygen atoms in total. The molecule has 0 saturated carbocycles. The van der Waals surface area contributed by atoms with E-state index in [9.17, 15) is 4.79 Å². The minimum absolute atomic E-state index is 0. The van der Waals surface area contributed by atoms with Gasteiger partial charge in [0.15, 0.2) is 0 Å². The summed E-state index contributed by atoms with van der Waals surface area (Å²) >= 11 is 0. The van der Waals surface area contributed by atoms with E-state index >= 15 is 0 Å². The van der Waals surface area contributed by atoms with Gasteiger partial charge in [-0.25, -0.2) is 0 Å². The Kier molecular flexibility index (Phi) is 8.29. The van der Waals surface area contributed by atoms with Crippen molar-refractivity contribution in [2.24, 2.45) is 11.7 Å². The van der Waals surface area contributed by atoms with E-state index in [0.717, 1.165) is 19.6 Å². The van der Waals surface area contributed by atoms with Crippen LogP contribution in [0.2, 0.25) is 0 Å². The molecule has 0 bridgehead atoms. The second-order valence-corrected chi connectivity index (χ2v) is 5.82. The highest BCUT2D eigenvalue weighted by atomic mass is 35.5. The van der Waals surface area contributed by atoms with Gasteiger partial charge >= 0.3 is 0 Å². The van der Waals surface area contributed by atoms with Gasteiger partial charge in [-0.3, -0.25) is 4.79 Å². The van der Waals surface area contributed by atoms with Crippen LogP contribution < -0.4 is 11.1 Å². The molecule has 3 N–H and O–H groups in total. The van der Waals surface area contributed by atoms with Crippen molar-refractivity contribution >= 4 is 30.7 Å². The molecular formula is C16H25Cl2N3O2. The molecule has 3 atom stereocenters. The molecule has 1 amide bonds. The van der Waals surface area contributed by atoms with E-state index < -0.39 is 0 Å². The Morgan fingerprint density at radius 1 is 1.26 bits per heavy atom. The van der Waals surface area contributed by atoms with Gasteiger partial charge in [-0.1, -0.05) is 30.3 Å². The van der Waals surface area contributed by atoms with E-state index in [-0.39, 0.29) is 36.8 Å². The van der Waals surface area contributed by atoms with Crippen LogP contribution in [0.5, 0.6) is 0 Å². The fourth-order valence-corrected chi connectivity index (χ4v) is 3.30. The Hall–Kier alpha value is -0.850. The minimum Gasteiger partial charge on any atom is -0.366 e. The Morgan fingerprint density at radius 2 is 2.00 bits per heavy atom. The molecule has 1 aromatic carbocycles. The summed E-state index contributed by atoms with van der Waals surface area (Å²) in [6, 6.07) is 10.4. The molecule has 7 heteroatoms. The van der Waals surface area contributed by atoms with Crippen molar-refractivity contribution in [2.45, 2.75) is 12.0 Å². The average molecular weight is 362 g/mol. The molecule has 23 heavy (non-hydrogen) atoms. The van der Waals surface area contributed by atoms with Gasteiger partial charge in [0.25, 0.3) is 5.91 Å². The van der Waals surface area contributed by atoms with Crippen molar-refractivity contribution in [1.82, 2.24) is 10.2 Å². The number of benzene rings is 1. The maximum Gasteiger partial charge on any atom is 0.253 e. The van der Waals surface area contributed by atoms with Crippen LogP contribution in [-0.2, 0) is 9.53 Å². The Bertz CT molecular complexity index is 483. The van der Waals surface area contributed by atoms with Crippen molar-refractivity contribution < 1.29 is 9.53 Å². The lowest BCUT2D eigenvalue weighted by molar-refractivity contribution is -0.144. The number of amides is 1. The second-order valence-electron chi connectivity index (χ2n) is 5.82. The monoisotopic (exact) mass is 361 g/mol. The van der Waals surface area contributed by atoms with Crippen molar-refractivity contribution in [3.8, 4) is 0 Å². The van der Waals surface area contributed by atoms with E-state index in [4.69, 9.17) is 10.5 Å². The number of carbonyl (C=O) groups excluding carboxylic acids is 1. The van der Waals surface area contributed by atoms with Crippen LogP contribution in [0.15, 0.2) is 30.3 Å². The van der Waals surface area contributed by atoms with E-state index in [2.05, 4.69) is 17.4 Å². The number of halogens is 2. The second kappa shape index (κ2) is 9.45. The highest BCUT2D eigenvalue weighted by Gasteiger charge is 2.38. The summed E-state index contributed by atoms with van der Waals surface area (Å²) < 4.78 is 5.58. The fraction of sp³-hybridized carbons (Fsp3) is 0.562. The number of carbonyl (C=O) groups is 1. The number of hydrogen-bond donors (Lipinski definition) is 2. The highest BCUT2D eigenvalue weighted by molar-refractivity contribution is 5.85. The molecule has 3 rings (SSSR count). The van der Waals surface area contributed by atoms with E-state index in [1.807, 2.05) is 23.1 Å². The smallest absolute Gasteiger partial charge is 0.253 e. The van der Waals surface area contributed by atoms with Gasteiger partial charge in [0.1, 0.15) is 6.10 Å². The van der Waals surface area contributed by atoms with Crippen LogP contribution in [0.1, 0.15) is 11.5 Å². The molecule has 0 aromatic heterocycles. The predicted octanol–water partition coefficient (Wildman–Crippen LogP) is 1.02. The zero-order valence-electron chi connectivity index (χ0n) is 13.0. The standard InChI is InChI=1S/C16H23N3O2.2ClH/c17-8-13-10-19(16(20)15-9-18-6-7-21-15)11-14(13)12-4-2-1-3-5-12;;/h1-5,13-15,18H,6-11,17H2;2*1H/t13-,14+,15-;;/m1../s1. The van der Waals surface area contributed by atoms with Gasteiger partial charge in [-0.2, -0.15) is 0 Å². The number of rotatable bonds is 3. The van der Waals surface area contributed by atoms with Crippen LogP contribution >= 0.6 is 24.8 Å². The largest absolute Gasteiger partial charge is 0.366 e. The van der Waals surface area contributed by atoms with Crippen LogP contribution in [0, 0.1) is 5.92 Å². The van der Waals surface area contributed by atoms with Gasteiger partial charge in [-0.15, -0.1) is 24.8 Å². The lowest BCUT2D eigenvalue weighted by Gasteiger charge is -2.27. The molecule has 2 heterocycles. The van der Waals surface area contributed by atoms with Gasteiger partial charge in [0.2, 0.25) is 0 Å². The lowest BCUT2D eigenvalue weighted by Crippen LogP contribution is -2.49. The summed E-state index contributed by atoms with van der Waals surface area (Å²) in [6.07, 6.45) is -0.341. The first kappa shape index (κ1) is 20.2. The zero-order valence-corrected chi connectivity index (χ0v) is 14.7. The van der Waals surface area contributed by atoms with Crippen molar-refractivity contribution in [2.75, 3.05) is 39.3 Å². The third-order valence-corrected chi connectivity index (χ3v) is 4.49. The molecule has 0 radical (unpaired) electrons. The molecule has 130 valence electrons. The molecular weight excluding hydrogens is 337 g/mol. The third kappa shape index (κ3) is 4.58. The van der Waals surface area contributed by atoms with E-state index in [1.165, 1.54) is 5.56 Å². The van der Waals surface area contributed by atoms with E-state index in [1.54, 1.807) is 0 Å². The first-order valence-electron chi connectivity index (χ1n) is 7.65. The number of hydrogen-bond acceptors (Lipinski definition) is 4. The molecule has 2 fully saturated rings. The summed E-state index contributed by atoms with van der Waals surface area (Å²) in [5.41, 5.74) is 7.19. The molecule has 2 aliphatic heterocycles. The molecule has 1 aromatic rings. The first-order valence-corrected chi connectivity index (χ1v) is 7.65. The summed E-state index contributed by atoms with van der Waals surface area (Å²) in [7, 11) is 0. The number of likely N-dealkylation sites (tertiary alicyclic amines) is 1. The summed E-state index contributed by atoms with van der Waals surface area (Å²) in [5, 5.41) is 3.21. The summed E-state index contributed by atoms with van der Waals surface area (Å²) in [6.45, 7) is 4.11. The Balaban J connectivity index is 0.00000132. The third-order valence-electron chi connectivity index (χ3n) is 4.49. The van der Waals surface area contributed by atoms with Crippen molar-refractivity contribution in [3.63, 3.8) is 0 Å². The Morgan fingerprint density at radius 3 is 2.61 bits per heavy atom. The average Bonchev–Trinajstić information content (AvgIpc) is 3.00. The van der Waals surface area contributed by atoms with Crippen LogP contribution in [0.4, 0.5) is 0 Å². The topological polar surface area (TPSA) is 67.6 Å². The molecule has 2 aliphatic rings. The Labute approximate surface area is 149 Å². The zero-order chi connectivity index (χ0) is 14.7. The van der Waals surface area contributed by atoms with Crippen molar-refractivity contribution in [1.29, 1.82) is 0 Å². The number of ether oxygens (including phenoxy) is 1. The highest BCUT2D eigenvalue weighted by Crippen LogP contribution is 2.32. The molecule has 0 unspecified atom stereocenters. The van der Waals surface area contributed by atoms with Gasteiger partial charge < -0.3 is 20.7 Å². The number of nitrogens with two attached hydrogens (primary N) is 1. The first-order chi connectivity index (χ1) is 10.3. The number of nitrogens with zero attached hydrogens (tertiary/aromatic N) is 1. The van der Waals surface area contributed by atoms with E-state index in [0.29, 0.717) is 31.5 Å². The number of nitrogens with one attached hydrogen (secondary N) is 1. The predicted molar refractivity (Wildman–Crippen MR) is 95.4 cm³/mol. The van der Waals surface area contributed by atoms with Crippen LogP contribution in [-0.4, -0.2) is 56.2 Å².